The molecule has 1 amide bonds. The van der Waals surface area contributed by atoms with E-state index in [0.717, 1.165) is 44.6 Å². The predicted molar refractivity (Wildman–Crippen MR) is 95.4 cm³/mol. The summed E-state index contributed by atoms with van der Waals surface area (Å²) in [4.78, 5) is 14.5. The van der Waals surface area contributed by atoms with Crippen molar-refractivity contribution in [2.24, 2.45) is 5.92 Å². The van der Waals surface area contributed by atoms with Crippen LogP contribution in [0.1, 0.15) is 24.0 Å². The third kappa shape index (κ3) is 5.14. The van der Waals surface area contributed by atoms with Gasteiger partial charge in [-0.2, -0.15) is 11.3 Å². The maximum Gasteiger partial charge on any atom is 0.224 e. The van der Waals surface area contributed by atoms with Crippen molar-refractivity contribution in [2.75, 3.05) is 19.6 Å². The number of thiophene rings is 1. The van der Waals surface area contributed by atoms with Gasteiger partial charge in [-0.3, -0.25) is 9.69 Å². The highest BCUT2D eigenvalue weighted by Crippen LogP contribution is 2.19. The minimum atomic E-state index is -0.270. The summed E-state index contributed by atoms with van der Waals surface area (Å²) in [5, 5.41) is 7.36. The highest BCUT2D eigenvalue weighted by Gasteiger charge is 2.19. The first-order valence-corrected chi connectivity index (χ1v) is 9.38. The number of benzene rings is 1. The van der Waals surface area contributed by atoms with E-state index in [1.165, 1.54) is 17.7 Å². The number of amides is 1. The number of hydrogen-bond donors (Lipinski definition) is 1. The number of nitrogens with zero attached hydrogens (tertiary/aromatic N) is 1. The number of piperidine rings is 1. The van der Waals surface area contributed by atoms with Gasteiger partial charge in [0.25, 0.3) is 0 Å². The standard InChI is InChI=1S/C19H23FN2OS/c20-18-3-1-15(2-4-18)11-19(23)21-12-16-5-8-22(9-6-16)13-17-7-10-24-14-17/h1-4,7,10,14,16H,5-6,8-9,11-13H2,(H,21,23). The molecule has 3 nitrogen and oxygen atoms in total. The van der Waals surface area contributed by atoms with Gasteiger partial charge in [0.05, 0.1) is 6.42 Å². The molecule has 0 radical (unpaired) electrons. The monoisotopic (exact) mass is 346 g/mol. The highest BCUT2D eigenvalue weighted by molar-refractivity contribution is 7.07. The van der Waals surface area contributed by atoms with E-state index in [0.29, 0.717) is 12.3 Å². The summed E-state index contributed by atoms with van der Waals surface area (Å²) in [6.07, 6.45) is 2.57. The quantitative estimate of drug-likeness (QED) is 0.869. The van der Waals surface area contributed by atoms with Crippen LogP contribution in [0.25, 0.3) is 0 Å². The van der Waals surface area contributed by atoms with Crippen molar-refractivity contribution >= 4 is 17.2 Å². The van der Waals surface area contributed by atoms with E-state index in [1.54, 1.807) is 23.5 Å². The Hall–Kier alpha value is -1.72. The lowest BCUT2D eigenvalue weighted by atomic mass is 9.96. The van der Waals surface area contributed by atoms with Gasteiger partial charge in [0.15, 0.2) is 0 Å². The molecule has 0 unspecified atom stereocenters. The average Bonchev–Trinajstić information content (AvgIpc) is 3.09. The SMILES string of the molecule is O=C(Cc1ccc(F)cc1)NCC1CCN(Cc2ccsc2)CC1. The number of nitrogens with one attached hydrogen (secondary N) is 1. The van der Waals surface area contributed by atoms with Crippen LogP contribution in [-0.4, -0.2) is 30.4 Å². The van der Waals surface area contributed by atoms with E-state index in [1.807, 2.05) is 0 Å². The molecule has 2 aromatic rings. The van der Waals surface area contributed by atoms with Gasteiger partial charge in [-0.05, 0) is 71.9 Å². The molecule has 2 heterocycles. The Morgan fingerprint density at radius 2 is 1.92 bits per heavy atom. The second-order valence-electron chi connectivity index (χ2n) is 6.46. The van der Waals surface area contributed by atoms with Gasteiger partial charge < -0.3 is 5.32 Å². The van der Waals surface area contributed by atoms with Crippen molar-refractivity contribution in [2.45, 2.75) is 25.8 Å². The van der Waals surface area contributed by atoms with E-state index < -0.39 is 0 Å². The molecule has 0 bridgehead atoms. The molecule has 1 aliphatic heterocycles. The molecule has 3 rings (SSSR count). The zero-order valence-electron chi connectivity index (χ0n) is 13.7. The van der Waals surface area contributed by atoms with Gasteiger partial charge in [0.1, 0.15) is 5.82 Å². The molecule has 1 fully saturated rings. The molecule has 128 valence electrons. The Kier molecular flexibility index (Phi) is 5.99. The van der Waals surface area contributed by atoms with Crippen molar-refractivity contribution in [3.8, 4) is 0 Å². The lowest BCUT2D eigenvalue weighted by Crippen LogP contribution is -2.38. The van der Waals surface area contributed by atoms with E-state index in [-0.39, 0.29) is 11.7 Å². The van der Waals surface area contributed by atoms with Gasteiger partial charge in [-0.1, -0.05) is 12.1 Å². The molecule has 0 aliphatic carbocycles. The molecule has 0 spiro atoms. The van der Waals surface area contributed by atoms with Gasteiger partial charge in [0, 0.05) is 13.1 Å². The smallest absolute Gasteiger partial charge is 0.224 e. The third-order valence-corrected chi connectivity index (χ3v) is 5.29. The summed E-state index contributed by atoms with van der Waals surface area (Å²) >= 11 is 1.75. The predicted octanol–water partition coefficient (Wildman–Crippen LogP) is 3.46. The van der Waals surface area contributed by atoms with Crippen LogP contribution < -0.4 is 5.32 Å². The normalized spacial score (nSPS) is 16.2. The fourth-order valence-corrected chi connectivity index (χ4v) is 3.76. The van der Waals surface area contributed by atoms with Crippen LogP contribution >= 0.6 is 11.3 Å². The molecular formula is C19H23FN2OS. The molecule has 0 atom stereocenters. The Morgan fingerprint density at radius 3 is 2.58 bits per heavy atom. The van der Waals surface area contributed by atoms with Crippen LogP contribution in [0.3, 0.4) is 0 Å². The Bertz CT molecular complexity index is 634. The molecule has 1 saturated heterocycles. The maximum atomic E-state index is 12.9. The zero-order chi connectivity index (χ0) is 16.8. The molecule has 5 heteroatoms. The van der Waals surface area contributed by atoms with Crippen molar-refractivity contribution in [3.05, 3.63) is 58.0 Å². The molecular weight excluding hydrogens is 323 g/mol. The van der Waals surface area contributed by atoms with E-state index in [4.69, 9.17) is 0 Å². The number of halogens is 1. The van der Waals surface area contributed by atoms with Crippen LogP contribution in [0.15, 0.2) is 41.1 Å². The minimum Gasteiger partial charge on any atom is -0.356 e. The van der Waals surface area contributed by atoms with E-state index in [2.05, 4.69) is 27.0 Å². The van der Waals surface area contributed by atoms with Gasteiger partial charge in [-0.25, -0.2) is 4.39 Å². The summed E-state index contributed by atoms with van der Waals surface area (Å²) in [7, 11) is 0. The molecule has 1 N–H and O–H groups in total. The Balaban J connectivity index is 1.35. The van der Waals surface area contributed by atoms with Crippen molar-refractivity contribution in [1.29, 1.82) is 0 Å². The number of likely N-dealkylation sites (tertiary alicyclic amines) is 1. The largest absolute Gasteiger partial charge is 0.356 e. The zero-order valence-corrected chi connectivity index (χ0v) is 14.5. The average molecular weight is 346 g/mol. The van der Waals surface area contributed by atoms with Crippen LogP contribution in [0.2, 0.25) is 0 Å². The summed E-state index contributed by atoms with van der Waals surface area (Å²) in [5.74, 6) is 0.302. The fraction of sp³-hybridized carbons (Fsp3) is 0.421. The lowest BCUT2D eigenvalue weighted by molar-refractivity contribution is -0.120. The molecule has 1 aromatic carbocycles. The summed E-state index contributed by atoms with van der Waals surface area (Å²) < 4.78 is 12.9. The van der Waals surface area contributed by atoms with E-state index in [9.17, 15) is 9.18 Å². The number of carbonyl (C=O) groups excluding carboxylic acids is 1. The van der Waals surface area contributed by atoms with E-state index >= 15 is 0 Å². The number of rotatable bonds is 6. The first-order chi connectivity index (χ1) is 11.7. The van der Waals surface area contributed by atoms with Crippen LogP contribution in [0.5, 0.6) is 0 Å². The topological polar surface area (TPSA) is 32.3 Å². The van der Waals surface area contributed by atoms with Crippen LogP contribution in [0, 0.1) is 11.7 Å². The van der Waals surface area contributed by atoms with Crippen molar-refractivity contribution < 1.29 is 9.18 Å². The molecule has 1 aliphatic rings. The Morgan fingerprint density at radius 1 is 1.17 bits per heavy atom. The van der Waals surface area contributed by atoms with Crippen LogP contribution in [0.4, 0.5) is 4.39 Å². The summed E-state index contributed by atoms with van der Waals surface area (Å²) in [5.41, 5.74) is 2.24. The second kappa shape index (κ2) is 8.40. The summed E-state index contributed by atoms with van der Waals surface area (Å²) in [6.45, 7) is 3.96. The molecule has 24 heavy (non-hydrogen) atoms. The second-order valence-corrected chi connectivity index (χ2v) is 7.24. The van der Waals surface area contributed by atoms with Crippen molar-refractivity contribution in [1.82, 2.24) is 10.2 Å². The number of hydrogen-bond acceptors (Lipinski definition) is 3. The summed E-state index contributed by atoms with van der Waals surface area (Å²) in [6, 6.07) is 8.31. The van der Waals surface area contributed by atoms with Gasteiger partial charge >= 0.3 is 0 Å². The minimum absolute atomic E-state index is 0.0160. The molecule has 0 saturated carbocycles. The first-order valence-electron chi connectivity index (χ1n) is 8.43. The van der Waals surface area contributed by atoms with Crippen molar-refractivity contribution in [3.63, 3.8) is 0 Å². The lowest BCUT2D eigenvalue weighted by Gasteiger charge is -2.31. The van der Waals surface area contributed by atoms with Crippen LogP contribution in [-0.2, 0) is 17.8 Å². The Labute approximate surface area is 146 Å². The maximum absolute atomic E-state index is 12.9. The third-order valence-electron chi connectivity index (χ3n) is 4.56. The first kappa shape index (κ1) is 17.1. The van der Waals surface area contributed by atoms with Gasteiger partial charge in [0.2, 0.25) is 5.91 Å². The molecule has 1 aromatic heterocycles. The highest BCUT2D eigenvalue weighted by atomic mass is 32.1. The number of carbonyl (C=O) groups is 1. The van der Waals surface area contributed by atoms with Gasteiger partial charge in [-0.15, -0.1) is 0 Å². The fourth-order valence-electron chi connectivity index (χ4n) is 3.10.